The minimum Gasteiger partial charge on any atom is -0.397 e. The van der Waals surface area contributed by atoms with Crippen LogP contribution >= 0.6 is 15.9 Å². The molecule has 0 atom stereocenters. The second kappa shape index (κ2) is 3.91. The molecule has 0 aliphatic rings. The van der Waals surface area contributed by atoms with Crippen molar-refractivity contribution in [2.45, 2.75) is 13.5 Å². The fourth-order valence-electron chi connectivity index (χ4n) is 0.994. The van der Waals surface area contributed by atoms with E-state index in [-0.39, 0.29) is 12.1 Å². The van der Waals surface area contributed by atoms with E-state index in [1.165, 1.54) is 10.8 Å². The topological polar surface area (TPSA) is 48.0 Å². The number of nitrogens with zero attached hydrogens (tertiary/aromatic N) is 1. The van der Waals surface area contributed by atoms with Crippen molar-refractivity contribution in [1.29, 1.82) is 0 Å². The molecule has 2 N–H and O–H groups in total. The Labute approximate surface area is 83.5 Å². The molecule has 0 spiro atoms. The van der Waals surface area contributed by atoms with Gasteiger partial charge in [-0.2, -0.15) is 0 Å². The average molecular weight is 249 g/mol. The van der Waals surface area contributed by atoms with Crippen molar-refractivity contribution in [2.24, 2.45) is 0 Å². The molecular weight excluding hydrogens is 239 g/mol. The van der Waals surface area contributed by atoms with Crippen LogP contribution in [0.15, 0.2) is 15.5 Å². The molecule has 0 aliphatic heterocycles. The molecule has 3 nitrogen and oxygen atoms in total. The number of rotatable bonds is 2. The van der Waals surface area contributed by atoms with Gasteiger partial charge in [0.2, 0.25) is 0 Å². The Kier molecular flexibility index (Phi) is 3.08. The number of nitrogens with two attached hydrogens (primary N) is 1. The Morgan fingerprint density at radius 3 is 2.85 bits per heavy atom. The lowest BCUT2D eigenvalue weighted by molar-refractivity contribution is 0.440. The largest absolute Gasteiger partial charge is 0.397 e. The predicted molar refractivity (Wildman–Crippen MR) is 53.5 cm³/mol. The third-order valence-electron chi connectivity index (χ3n) is 1.83. The molecule has 0 bridgehead atoms. The molecule has 0 saturated heterocycles. The van der Waals surface area contributed by atoms with Gasteiger partial charge >= 0.3 is 0 Å². The van der Waals surface area contributed by atoms with Crippen LogP contribution in [0.25, 0.3) is 0 Å². The van der Waals surface area contributed by atoms with Gasteiger partial charge in [-0.15, -0.1) is 0 Å². The van der Waals surface area contributed by atoms with Gasteiger partial charge in [0.05, 0.1) is 16.7 Å². The monoisotopic (exact) mass is 248 g/mol. The van der Waals surface area contributed by atoms with E-state index in [1.54, 1.807) is 6.92 Å². The Morgan fingerprint density at radius 2 is 2.31 bits per heavy atom. The Balaban J connectivity index is 3.33. The van der Waals surface area contributed by atoms with Crippen LogP contribution in [0, 0.1) is 6.92 Å². The first-order chi connectivity index (χ1) is 6.07. The molecule has 72 valence electrons. The lowest BCUT2D eigenvalue weighted by Gasteiger charge is -2.08. The van der Waals surface area contributed by atoms with E-state index in [0.717, 1.165) is 0 Å². The average Bonchev–Trinajstić information content (AvgIpc) is 2.11. The number of pyridine rings is 1. The van der Waals surface area contributed by atoms with E-state index >= 15 is 0 Å². The number of aryl methyl sites for hydroxylation is 1. The van der Waals surface area contributed by atoms with Gasteiger partial charge in [0.25, 0.3) is 5.56 Å². The summed E-state index contributed by atoms with van der Waals surface area (Å²) >= 11 is 3.11. The smallest absolute Gasteiger partial charge is 0.265 e. The molecule has 1 aromatic rings. The number of hydrogen-bond acceptors (Lipinski definition) is 2. The Morgan fingerprint density at radius 1 is 1.69 bits per heavy atom. The number of aromatic nitrogens is 1. The SMILES string of the molecule is Cc1c(N)cn(CCF)c(=O)c1Br. The van der Waals surface area contributed by atoms with E-state index in [1.807, 2.05) is 0 Å². The van der Waals surface area contributed by atoms with Gasteiger partial charge in [0, 0.05) is 6.20 Å². The van der Waals surface area contributed by atoms with Crippen molar-refractivity contribution < 1.29 is 4.39 Å². The molecule has 0 amide bonds. The van der Waals surface area contributed by atoms with Gasteiger partial charge in [0.1, 0.15) is 6.67 Å². The second-order valence-corrected chi connectivity index (χ2v) is 3.50. The number of hydrogen-bond donors (Lipinski definition) is 1. The van der Waals surface area contributed by atoms with E-state index < -0.39 is 6.67 Å². The summed E-state index contributed by atoms with van der Waals surface area (Å²) in [6, 6.07) is 0. The summed E-state index contributed by atoms with van der Waals surface area (Å²) in [4.78, 5) is 11.4. The summed E-state index contributed by atoms with van der Waals surface area (Å²) in [6.07, 6.45) is 1.46. The lowest BCUT2D eigenvalue weighted by Crippen LogP contribution is -2.23. The summed E-state index contributed by atoms with van der Waals surface area (Å²) in [5.41, 5.74) is 6.54. The maximum absolute atomic E-state index is 12.0. The molecule has 0 aliphatic carbocycles. The van der Waals surface area contributed by atoms with Crippen molar-refractivity contribution in [1.82, 2.24) is 4.57 Å². The van der Waals surface area contributed by atoms with Crippen LogP contribution in [0.5, 0.6) is 0 Å². The maximum atomic E-state index is 12.0. The zero-order valence-corrected chi connectivity index (χ0v) is 8.77. The molecule has 0 unspecified atom stereocenters. The standard InChI is InChI=1S/C8H10BrFN2O/c1-5-6(11)4-12(3-2-10)8(13)7(5)9/h4H,2-3,11H2,1H3. The molecule has 0 fully saturated rings. The van der Waals surface area contributed by atoms with Crippen molar-refractivity contribution >= 4 is 21.6 Å². The molecule has 5 heteroatoms. The first kappa shape index (κ1) is 10.2. The highest BCUT2D eigenvalue weighted by molar-refractivity contribution is 9.10. The van der Waals surface area contributed by atoms with Gasteiger partial charge in [-0.05, 0) is 28.4 Å². The minimum absolute atomic E-state index is 0.0436. The molecule has 1 aromatic heterocycles. The van der Waals surface area contributed by atoms with Crippen LogP contribution in [0.3, 0.4) is 0 Å². The van der Waals surface area contributed by atoms with Crippen molar-refractivity contribution in [3.63, 3.8) is 0 Å². The van der Waals surface area contributed by atoms with Crippen molar-refractivity contribution in [3.05, 3.63) is 26.6 Å². The van der Waals surface area contributed by atoms with Crippen LogP contribution in [-0.2, 0) is 6.54 Å². The highest BCUT2D eigenvalue weighted by Crippen LogP contribution is 2.16. The molecule has 0 radical (unpaired) electrons. The van der Waals surface area contributed by atoms with E-state index in [4.69, 9.17) is 5.73 Å². The zero-order chi connectivity index (χ0) is 10.0. The van der Waals surface area contributed by atoms with Crippen molar-refractivity contribution in [2.75, 3.05) is 12.4 Å². The molecule has 0 saturated carbocycles. The molecule has 0 aromatic carbocycles. The molecule has 1 heterocycles. The third-order valence-corrected chi connectivity index (χ3v) is 2.77. The predicted octanol–water partition coefficient (Wildman–Crippen LogP) is 1.47. The fourth-order valence-corrected chi connectivity index (χ4v) is 1.45. The summed E-state index contributed by atoms with van der Waals surface area (Å²) in [7, 11) is 0. The van der Waals surface area contributed by atoms with Gasteiger partial charge in [-0.3, -0.25) is 4.79 Å². The first-order valence-electron chi connectivity index (χ1n) is 3.79. The number of halogens is 2. The van der Waals surface area contributed by atoms with E-state index in [2.05, 4.69) is 15.9 Å². The Bertz CT molecular complexity index is 375. The molecule has 1 rings (SSSR count). The second-order valence-electron chi connectivity index (χ2n) is 2.71. The van der Waals surface area contributed by atoms with Crippen LogP contribution in [0.4, 0.5) is 10.1 Å². The summed E-state index contributed by atoms with van der Waals surface area (Å²) in [5, 5.41) is 0. The summed E-state index contributed by atoms with van der Waals surface area (Å²) in [5.74, 6) is 0. The van der Waals surface area contributed by atoms with Crippen LogP contribution in [0.1, 0.15) is 5.56 Å². The quantitative estimate of drug-likeness (QED) is 0.862. The third kappa shape index (κ3) is 1.91. The van der Waals surface area contributed by atoms with Gasteiger partial charge in [-0.25, -0.2) is 4.39 Å². The summed E-state index contributed by atoms with van der Waals surface area (Å²) in [6.45, 7) is 1.21. The zero-order valence-electron chi connectivity index (χ0n) is 7.18. The highest BCUT2D eigenvalue weighted by Gasteiger charge is 2.07. The van der Waals surface area contributed by atoms with Gasteiger partial charge in [-0.1, -0.05) is 0 Å². The van der Waals surface area contributed by atoms with Gasteiger partial charge < -0.3 is 10.3 Å². The molecular formula is C8H10BrFN2O. The first-order valence-corrected chi connectivity index (χ1v) is 4.58. The van der Waals surface area contributed by atoms with Crippen LogP contribution < -0.4 is 11.3 Å². The van der Waals surface area contributed by atoms with Crippen LogP contribution in [-0.4, -0.2) is 11.2 Å². The minimum atomic E-state index is -0.575. The Hall–Kier alpha value is -0.840. The molecule has 13 heavy (non-hydrogen) atoms. The normalized spacial score (nSPS) is 10.4. The number of anilines is 1. The van der Waals surface area contributed by atoms with E-state index in [0.29, 0.717) is 15.7 Å². The summed E-state index contributed by atoms with van der Waals surface area (Å²) < 4.78 is 13.7. The van der Waals surface area contributed by atoms with Gasteiger partial charge in [0.15, 0.2) is 0 Å². The van der Waals surface area contributed by atoms with Crippen molar-refractivity contribution in [3.8, 4) is 0 Å². The fraction of sp³-hybridized carbons (Fsp3) is 0.375. The highest BCUT2D eigenvalue weighted by atomic mass is 79.9. The van der Waals surface area contributed by atoms with E-state index in [9.17, 15) is 9.18 Å². The van der Waals surface area contributed by atoms with Crippen LogP contribution in [0.2, 0.25) is 0 Å². The lowest BCUT2D eigenvalue weighted by atomic mass is 10.2. The maximum Gasteiger partial charge on any atom is 0.265 e. The number of nitrogen functional groups attached to an aromatic ring is 1. The number of alkyl halides is 1.